The maximum atomic E-state index is 12.8. The quantitative estimate of drug-likeness (QED) is 0.440. The van der Waals surface area contributed by atoms with Gasteiger partial charge in [-0.15, -0.1) is 10.2 Å². The van der Waals surface area contributed by atoms with Crippen LogP contribution in [0.5, 0.6) is 0 Å². The Balaban J connectivity index is 1.74. The lowest BCUT2D eigenvalue weighted by molar-refractivity contribution is 0.102. The summed E-state index contributed by atoms with van der Waals surface area (Å²) in [5.74, 6) is -0.480. The summed E-state index contributed by atoms with van der Waals surface area (Å²) < 4.78 is 51.0. The number of halogens is 1. The minimum atomic E-state index is -4.04. The highest BCUT2D eigenvalue weighted by molar-refractivity contribution is 7.91. The molecule has 0 aliphatic heterocycles. The summed E-state index contributed by atoms with van der Waals surface area (Å²) in [6.07, 6.45) is 1.51. The van der Waals surface area contributed by atoms with Gasteiger partial charge in [-0.05, 0) is 48.4 Å². The van der Waals surface area contributed by atoms with Gasteiger partial charge in [-0.3, -0.25) is 10.1 Å². The third kappa shape index (κ3) is 5.90. The van der Waals surface area contributed by atoms with E-state index in [4.69, 9.17) is 11.6 Å². The molecular weight excluding hydrogens is 496 g/mol. The minimum Gasteiger partial charge on any atom is -0.296 e. The number of carbonyl (C=O) groups is 1. The van der Waals surface area contributed by atoms with Gasteiger partial charge in [-0.1, -0.05) is 42.0 Å². The van der Waals surface area contributed by atoms with E-state index in [0.717, 1.165) is 6.26 Å². The van der Waals surface area contributed by atoms with Crippen LogP contribution in [0.2, 0.25) is 5.02 Å². The predicted molar refractivity (Wildman–Crippen MR) is 122 cm³/mol. The Morgan fingerprint density at radius 1 is 1.03 bits per heavy atom. The Bertz CT molecular complexity index is 1320. The number of nitrogens with zero attached hydrogens (tertiary/aromatic N) is 2. The van der Waals surface area contributed by atoms with Gasteiger partial charge in [-0.2, -0.15) is 0 Å². The first-order valence-electron chi connectivity index (χ1n) is 9.22. The second kappa shape index (κ2) is 9.63. The normalized spacial score (nSPS) is 13.0. The second-order valence-corrected chi connectivity index (χ2v) is 12.1. The van der Waals surface area contributed by atoms with Crippen molar-refractivity contribution < 1.29 is 21.6 Å². The number of nitrogens with one attached hydrogen (secondary N) is 2. The summed E-state index contributed by atoms with van der Waals surface area (Å²) in [6, 6.07) is 11.5. The topological polar surface area (TPSA) is 135 Å². The molecule has 1 aromatic heterocycles. The molecule has 0 aliphatic carbocycles. The van der Waals surface area contributed by atoms with Gasteiger partial charge in [0.25, 0.3) is 15.9 Å². The van der Waals surface area contributed by atoms with Gasteiger partial charge in [0.15, 0.2) is 9.84 Å². The lowest BCUT2D eigenvalue weighted by Gasteiger charge is -2.16. The Kier molecular flexibility index (Phi) is 7.30. The van der Waals surface area contributed by atoms with Crippen LogP contribution in [0.15, 0.2) is 57.8 Å². The smallest absolute Gasteiger partial charge is 0.270 e. The zero-order chi connectivity index (χ0) is 23.5. The molecule has 0 radical (unpaired) electrons. The molecule has 0 unspecified atom stereocenters. The first-order valence-corrected chi connectivity index (χ1v) is 13.8. The van der Waals surface area contributed by atoms with Gasteiger partial charge in [-0.25, -0.2) is 21.6 Å². The van der Waals surface area contributed by atoms with Gasteiger partial charge in [0.2, 0.25) is 9.47 Å². The van der Waals surface area contributed by atoms with Crippen LogP contribution >= 0.6 is 22.9 Å². The highest BCUT2D eigenvalue weighted by Crippen LogP contribution is 2.25. The van der Waals surface area contributed by atoms with E-state index in [1.165, 1.54) is 24.3 Å². The van der Waals surface area contributed by atoms with Crippen molar-refractivity contribution in [3.05, 3.63) is 64.7 Å². The highest BCUT2D eigenvalue weighted by Gasteiger charge is 2.25. The van der Waals surface area contributed by atoms with E-state index in [2.05, 4.69) is 20.2 Å². The number of carbonyl (C=O) groups excluding carboxylic acids is 1. The largest absolute Gasteiger partial charge is 0.296 e. The molecule has 3 rings (SSSR count). The van der Waals surface area contributed by atoms with Gasteiger partial charge < -0.3 is 0 Å². The number of benzene rings is 2. The Labute approximate surface area is 194 Å². The molecule has 0 fully saturated rings. The summed E-state index contributed by atoms with van der Waals surface area (Å²) in [4.78, 5) is 12.4. The Hall–Kier alpha value is -2.38. The van der Waals surface area contributed by atoms with Crippen molar-refractivity contribution in [2.24, 2.45) is 0 Å². The number of hydrogen-bond acceptors (Lipinski definition) is 8. The summed E-state index contributed by atoms with van der Waals surface area (Å²) in [7, 11) is -7.39. The van der Waals surface area contributed by atoms with E-state index in [0.29, 0.717) is 33.9 Å². The number of hydrogen-bond donors (Lipinski definition) is 2. The Morgan fingerprint density at radius 3 is 2.22 bits per heavy atom. The third-order valence-corrected chi connectivity index (χ3v) is 8.44. The van der Waals surface area contributed by atoms with Crippen molar-refractivity contribution in [1.29, 1.82) is 0 Å². The van der Waals surface area contributed by atoms with Crippen molar-refractivity contribution in [2.75, 3.05) is 11.6 Å². The van der Waals surface area contributed by atoms with Crippen LogP contribution in [0, 0.1) is 0 Å². The first kappa shape index (κ1) is 24.3. The van der Waals surface area contributed by atoms with Crippen molar-refractivity contribution in [3.63, 3.8) is 0 Å². The van der Waals surface area contributed by atoms with Crippen LogP contribution in [0.4, 0.5) is 5.13 Å². The fourth-order valence-electron chi connectivity index (χ4n) is 2.71. The SMILES string of the molecule is CC[C@@H](NS(=O)(=O)c1nnc(NC(=O)c2ccc(Cl)cc2)s1)c1ccc(S(C)(=O)=O)cc1. The highest BCUT2D eigenvalue weighted by atomic mass is 35.5. The molecule has 0 saturated heterocycles. The number of sulfonamides is 1. The van der Waals surface area contributed by atoms with Crippen molar-refractivity contribution >= 4 is 53.8 Å². The van der Waals surface area contributed by atoms with Gasteiger partial charge in [0.1, 0.15) is 0 Å². The summed E-state index contributed by atoms with van der Waals surface area (Å²) in [5.41, 5.74) is 0.931. The van der Waals surface area contributed by atoms with Crippen LogP contribution < -0.4 is 10.0 Å². The molecule has 1 heterocycles. The number of sulfone groups is 1. The number of amides is 1. The maximum absolute atomic E-state index is 12.8. The van der Waals surface area contributed by atoms with Crippen LogP contribution in [0.1, 0.15) is 35.3 Å². The van der Waals surface area contributed by atoms with Crippen molar-refractivity contribution in [1.82, 2.24) is 14.9 Å². The molecule has 0 bridgehead atoms. The molecule has 1 atom stereocenters. The zero-order valence-corrected chi connectivity index (χ0v) is 20.1. The van der Waals surface area contributed by atoms with Gasteiger partial charge in [0, 0.05) is 22.9 Å². The van der Waals surface area contributed by atoms with Gasteiger partial charge >= 0.3 is 0 Å². The molecule has 1 amide bonds. The molecule has 2 N–H and O–H groups in total. The van der Waals surface area contributed by atoms with Crippen LogP contribution in [-0.4, -0.2) is 39.2 Å². The van der Waals surface area contributed by atoms with Crippen LogP contribution in [-0.2, 0) is 19.9 Å². The number of rotatable bonds is 8. The summed E-state index contributed by atoms with van der Waals surface area (Å²) >= 11 is 6.51. The van der Waals surface area contributed by atoms with Gasteiger partial charge in [0.05, 0.1) is 4.90 Å². The first-order chi connectivity index (χ1) is 15.0. The summed E-state index contributed by atoms with van der Waals surface area (Å²) in [5, 5.41) is 10.4. The fourth-order valence-corrected chi connectivity index (χ4v) is 5.69. The van der Waals surface area contributed by atoms with E-state index >= 15 is 0 Å². The molecule has 0 saturated carbocycles. The monoisotopic (exact) mass is 514 g/mol. The molecule has 170 valence electrons. The Morgan fingerprint density at radius 2 is 1.66 bits per heavy atom. The van der Waals surface area contributed by atoms with E-state index in [-0.39, 0.29) is 14.4 Å². The molecular formula is C19H19ClN4O5S3. The average molecular weight is 515 g/mol. The number of aromatic nitrogens is 2. The fraction of sp³-hybridized carbons (Fsp3) is 0.211. The van der Waals surface area contributed by atoms with E-state index in [1.807, 2.05) is 0 Å². The maximum Gasteiger partial charge on any atom is 0.270 e. The second-order valence-electron chi connectivity index (χ2n) is 6.76. The number of anilines is 1. The van der Waals surface area contributed by atoms with Crippen LogP contribution in [0.3, 0.4) is 0 Å². The standard InChI is InChI=1S/C19H19ClN4O5S3/c1-3-16(12-6-10-15(11-7-12)31(2,26)27)24-32(28,29)19-23-22-18(30-19)21-17(25)13-4-8-14(20)9-5-13/h4-11,16,24H,3H2,1-2H3,(H,21,22,25)/t16-/m1/s1. The average Bonchev–Trinajstić information content (AvgIpc) is 3.21. The molecule has 32 heavy (non-hydrogen) atoms. The molecule has 9 nitrogen and oxygen atoms in total. The van der Waals surface area contributed by atoms with Crippen molar-refractivity contribution in [3.8, 4) is 0 Å². The molecule has 13 heteroatoms. The molecule has 3 aromatic rings. The van der Waals surface area contributed by atoms with Crippen molar-refractivity contribution in [2.45, 2.75) is 28.6 Å². The van der Waals surface area contributed by atoms with E-state index in [1.54, 1.807) is 31.2 Å². The van der Waals surface area contributed by atoms with E-state index < -0.39 is 31.8 Å². The third-order valence-electron chi connectivity index (χ3n) is 4.38. The molecule has 0 aliphatic rings. The van der Waals surface area contributed by atoms with Crippen LogP contribution in [0.25, 0.3) is 0 Å². The predicted octanol–water partition coefficient (Wildman–Crippen LogP) is 3.28. The molecule has 2 aromatic carbocycles. The molecule has 0 spiro atoms. The van der Waals surface area contributed by atoms with E-state index in [9.17, 15) is 21.6 Å². The minimum absolute atomic E-state index is 0.0240. The lowest BCUT2D eigenvalue weighted by Crippen LogP contribution is -2.28. The lowest BCUT2D eigenvalue weighted by atomic mass is 10.1. The zero-order valence-electron chi connectivity index (χ0n) is 16.9. The summed E-state index contributed by atoms with van der Waals surface area (Å²) in [6.45, 7) is 1.79.